The number of furan rings is 1. The Morgan fingerprint density at radius 2 is 1.62 bits per heavy atom. The summed E-state index contributed by atoms with van der Waals surface area (Å²) in [6.07, 6.45) is 1.29. The van der Waals surface area contributed by atoms with Crippen LogP contribution in [0.4, 0.5) is 10.5 Å². The van der Waals surface area contributed by atoms with E-state index in [1.807, 2.05) is 6.07 Å². The molecule has 2 aromatic carbocycles. The van der Waals surface area contributed by atoms with Crippen LogP contribution < -0.4 is 10.2 Å². The standard InChI is InChI=1S/C21H12Cl2N2O4/c22-12-5-7-13(8-6-12)25-20(27)16(19(26)24-21(25)28)11-14-9-10-18(29-14)15-3-1-2-4-17(15)23/h1-11H,(H,24,26,28)/b16-11-. The fraction of sp³-hybridized carbons (Fsp3) is 0. The maximum atomic E-state index is 12.8. The van der Waals surface area contributed by atoms with Crippen LogP contribution in [0.25, 0.3) is 17.4 Å². The zero-order valence-corrected chi connectivity index (χ0v) is 16.2. The minimum atomic E-state index is -0.837. The Morgan fingerprint density at radius 3 is 2.34 bits per heavy atom. The van der Waals surface area contributed by atoms with Gasteiger partial charge in [0.25, 0.3) is 11.8 Å². The van der Waals surface area contributed by atoms with Crippen LogP contribution in [0.2, 0.25) is 10.0 Å². The molecule has 144 valence electrons. The van der Waals surface area contributed by atoms with E-state index in [2.05, 4.69) is 5.32 Å². The van der Waals surface area contributed by atoms with E-state index in [4.69, 9.17) is 27.6 Å². The monoisotopic (exact) mass is 426 g/mol. The Labute approximate surface area is 175 Å². The van der Waals surface area contributed by atoms with Crippen LogP contribution in [0.1, 0.15) is 5.76 Å². The molecule has 0 radical (unpaired) electrons. The summed E-state index contributed by atoms with van der Waals surface area (Å²) in [5.74, 6) is -0.821. The minimum absolute atomic E-state index is 0.236. The van der Waals surface area contributed by atoms with Crippen LogP contribution in [-0.4, -0.2) is 17.8 Å². The highest BCUT2D eigenvalue weighted by Gasteiger charge is 2.37. The second-order valence-corrected chi connectivity index (χ2v) is 6.96. The molecule has 6 nitrogen and oxygen atoms in total. The topological polar surface area (TPSA) is 79.6 Å². The van der Waals surface area contributed by atoms with Gasteiger partial charge >= 0.3 is 6.03 Å². The zero-order valence-electron chi connectivity index (χ0n) is 14.7. The molecule has 1 aliphatic rings. The van der Waals surface area contributed by atoms with Gasteiger partial charge in [0, 0.05) is 10.6 Å². The average Bonchev–Trinajstić information content (AvgIpc) is 3.15. The molecule has 0 aliphatic carbocycles. The summed E-state index contributed by atoms with van der Waals surface area (Å²) in [5.41, 5.74) is 0.724. The third kappa shape index (κ3) is 3.68. The number of nitrogens with zero attached hydrogens (tertiary/aromatic N) is 1. The van der Waals surface area contributed by atoms with Crippen LogP contribution in [0.3, 0.4) is 0 Å². The molecule has 1 saturated heterocycles. The van der Waals surface area contributed by atoms with Crippen molar-refractivity contribution in [1.29, 1.82) is 0 Å². The molecular formula is C21H12Cl2N2O4. The van der Waals surface area contributed by atoms with Crippen molar-refractivity contribution in [3.05, 3.63) is 82.0 Å². The molecule has 0 atom stereocenters. The third-order valence-corrected chi connectivity index (χ3v) is 4.82. The Hall–Kier alpha value is -3.35. The fourth-order valence-corrected chi connectivity index (χ4v) is 3.22. The van der Waals surface area contributed by atoms with Crippen molar-refractivity contribution in [2.24, 2.45) is 0 Å². The predicted molar refractivity (Wildman–Crippen MR) is 110 cm³/mol. The smallest absolute Gasteiger partial charge is 0.335 e. The summed E-state index contributed by atoms with van der Waals surface area (Å²) >= 11 is 12.0. The molecule has 3 aromatic rings. The van der Waals surface area contributed by atoms with Gasteiger partial charge < -0.3 is 4.42 Å². The first-order chi connectivity index (χ1) is 13.9. The van der Waals surface area contributed by atoms with Gasteiger partial charge in [-0.3, -0.25) is 14.9 Å². The van der Waals surface area contributed by atoms with Gasteiger partial charge in [0.05, 0.1) is 10.7 Å². The molecule has 4 rings (SSSR count). The van der Waals surface area contributed by atoms with Gasteiger partial charge in [0.2, 0.25) is 0 Å². The summed E-state index contributed by atoms with van der Waals surface area (Å²) in [6.45, 7) is 0. The number of benzene rings is 2. The van der Waals surface area contributed by atoms with Crippen molar-refractivity contribution in [2.45, 2.75) is 0 Å². The van der Waals surface area contributed by atoms with Crippen LogP contribution in [-0.2, 0) is 9.59 Å². The van der Waals surface area contributed by atoms with Crippen molar-refractivity contribution < 1.29 is 18.8 Å². The van der Waals surface area contributed by atoms with E-state index in [1.165, 1.54) is 18.2 Å². The molecule has 4 amide bonds. The lowest BCUT2D eigenvalue weighted by Crippen LogP contribution is -2.54. The maximum Gasteiger partial charge on any atom is 0.335 e. The first kappa shape index (κ1) is 19.0. The number of hydrogen-bond acceptors (Lipinski definition) is 4. The number of rotatable bonds is 3. The van der Waals surface area contributed by atoms with Gasteiger partial charge in [-0.15, -0.1) is 0 Å². The number of amides is 4. The number of urea groups is 1. The summed E-state index contributed by atoms with van der Waals surface area (Å²) in [4.78, 5) is 38.2. The Kier molecular flexibility index (Phi) is 4.96. The maximum absolute atomic E-state index is 12.8. The Morgan fingerprint density at radius 1 is 0.897 bits per heavy atom. The van der Waals surface area contributed by atoms with Crippen LogP contribution in [0.5, 0.6) is 0 Å². The lowest BCUT2D eigenvalue weighted by Gasteiger charge is -2.26. The van der Waals surface area contributed by atoms with Crippen molar-refractivity contribution in [2.75, 3.05) is 4.90 Å². The van der Waals surface area contributed by atoms with E-state index in [9.17, 15) is 14.4 Å². The molecule has 1 aliphatic heterocycles. The lowest BCUT2D eigenvalue weighted by atomic mass is 10.1. The van der Waals surface area contributed by atoms with Gasteiger partial charge in [-0.2, -0.15) is 0 Å². The van der Waals surface area contributed by atoms with E-state index in [1.54, 1.807) is 42.5 Å². The van der Waals surface area contributed by atoms with Gasteiger partial charge in [-0.1, -0.05) is 35.3 Å². The highest BCUT2D eigenvalue weighted by Crippen LogP contribution is 2.30. The molecule has 0 bridgehead atoms. The number of carbonyl (C=O) groups is 3. The first-order valence-electron chi connectivity index (χ1n) is 8.46. The molecule has 0 spiro atoms. The van der Waals surface area contributed by atoms with Crippen molar-refractivity contribution in [1.82, 2.24) is 5.32 Å². The molecule has 1 fully saturated rings. The molecule has 0 unspecified atom stereocenters. The first-order valence-corrected chi connectivity index (χ1v) is 9.21. The highest BCUT2D eigenvalue weighted by molar-refractivity contribution is 6.39. The molecule has 29 heavy (non-hydrogen) atoms. The predicted octanol–water partition coefficient (Wildman–Crippen LogP) is 4.92. The lowest BCUT2D eigenvalue weighted by molar-refractivity contribution is -0.122. The minimum Gasteiger partial charge on any atom is -0.457 e. The number of imide groups is 2. The summed E-state index contributed by atoms with van der Waals surface area (Å²) in [7, 11) is 0. The summed E-state index contributed by atoms with van der Waals surface area (Å²) < 4.78 is 5.72. The van der Waals surface area contributed by atoms with E-state index in [0.717, 1.165) is 4.90 Å². The molecule has 1 aromatic heterocycles. The van der Waals surface area contributed by atoms with Crippen LogP contribution in [0.15, 0.2) is 70.7 Å². The van der Waals surface area contributed by atoms with E-state index in [-0.39, 0.29) is 17.0 Å². The van der Waals surface area contributed by atoms with Crippen molar-refractivity contribution >= 4 is 52.8 Å². The van der Waals surface area contributed by atoms with Crippen molar-refractivity contribution in [3.8, 4) is 11.3 Å². The second kappa shape index (κ2) is 7.58. The van der Waals surface area contributed by atoms with Crippen LogP contribution >= 0.6 is 23.2 Å². The van der Waals surface area contributed by atoms with Gasteiger partial charge in [-0.05, 0) is 54.6 Å². The number of hydrogen-bond donors (Lipinski definition) is 1. The molecule has 8 heteroatoms. The van der Waals surface area contributed by atoms with Crippen LogP contribution in [0, 0.1) is 0 Å². The number of nitrogens with one attached hydrogen (secondary N) is 1. The highest BCUT2D eigenvalue weighted by atomic mass is 35.5. The van der Waals surface area contributed by atoms with Gasteiger partial charge in [0.1, 0.15) is 17.1 Å². The fourth-order valence-electron chi connectivity index (χ4n) is 2.86. The number of anilines is 1. The normalized spacial score (nSPS) is 15.7. The van der Waals surface area contributed by atoms with Gasteiger partial charge in [0.15, 0.2) is 0 Å². The largest absolute Gasteiger partial charge is 0.457 e. The SMILES string of the molecule is O=C1NC(=O)N(c2ccc(Cl)cc2)C(=O)/C1=C\c1ccc(-c2ccccc2Cl)o1. The number of barbiturate groups is 1. The molecule has 2 heterocycles. The Bertz CT molecular complexity index is 1170. The van der Waals surface area contributed by atoms with Gasteiger partial charge in [-0.25, -0.2) is 9.69 Å². The second-order valence-electron chi connectivity index (χ2n) is 6.12. The Balaban J connectivity index is 1.68. The summed E-state index contributed by atoms with van der Waals surface area (Å²) in [5, 5.41) is 3.11. The number of halogens is 2. The average molecular weight is 427 g/mol. The van der Waals surface area contributed by atoms with Crippen molar-refractivity contribution in [3.63, 3.8) is 0 Å². The molecular weight excluding hydrogens is 415 g/mol. The zero-order chi connectivity index (χ0) is 20.5. The quantitative estimate of drug-likeness (QED) is 0.476. The van der Waals surface area contributed by atoms with E-state index in [0.29, 0.717) is 21.4 Å². The molecule has 0 saturated carbocycles. The molecule has 1 N–H and O–H groups in total. The number of carbonyl (C=O) groups excluding carboxylic acids is 3. The third-order valence-electron chi connectivity index (χ3n) is 4.24. The van der Waals surface area contributed by atoms with E-state index >= 15 is 0 Å². The summed E-state index contributed by atoms with van der Waals surface area (Å²) in [6, 6.07) is 15.7. The van der Waals surface area contributed by atoms with E-state index < -0.39 is 17.8 Å².